The van der Waals surface area contributed by atoms with Crippen molar-refractivity contribution >= 4 is 33.0 Å². The third-order valence-electron chi connectivity index (χ3n) is 2.57. The summed E-state index contributed by atoms with van der Waals surface area (Å²) in [5, 5.41) is 7.21. The van der Waals surface area contributed by atoms with E-state index in [4.69, 9.17) is 4.55 Å². The summed E-state index contributed by atoms with van der Waals surface area (Å²) in [6.45, 7) is 2.00. The first-order valence-corrected chi connectivity index (χ1v) is 8.11. The molecule has 1 aliphatic rings. The molecule has 2 rings (SSSR count). The van der Waals surface area contributed by atoms with E-state index in [-0.39, 0.29) is 15.8 Å². The first kappa shape index (κ1) is 14.8. The number of amidine groups is 1. The Balaban J connectivity index is 2.04. The maximum Gasteiger partial charge on any atom is 0.294 e. The Hall–Kier alpha value is -1.58. The predicted octanol–water partition coefficient (Wildman–Crippen LogP) is 1.01. The molecule has 9 heteroatoms. The number of hydrogen-bond donors (Lipinski definition) is 3. The molecule has 0 saturated heterocycles. The second-order valence-corrected chi connectivity index (χ2v) is 6.63. The zero-order valence-electron chi connectivity index (χ0n) is 10.5. The van der Waals surface area contributed by atoms with Gasteiger partial charge in [0.1, 0.15) is 0 Å². The maximum absolute atomic E-state index is 11.9. The van der Waals surface area contributed by atoms with Gasteiger partial charge in [-0.15, -0.1) is 0 Å². The molecule has 3 N–H and O–H groups in total. The van der Waals surface area contributed by atoms with E-state index in [0.717, 1.165) is 6.42 Å². The number of nitrogens with one attached hydrogen (secondary N) is 2. The molecule has 0 saturated carbocycles. The Bertz CT molecular complexity index is 640. The van der Waals surface area contributed by atoms with E-state index in [0.29, 0.717) is 5.17 Å². The number of hydrogen-bond acceptors (Lipinski definition) is 6. The third-order valence-corrected chi connectivity index (χ3v) is 4.58. The van der Waals surface area contributed by atoms with Crippen LogP contribution < -0.4 is 10.7 Å². The maximum atomic E-state index is 11.9. The van der Waals surface area contributed by atoms with Crippen LogP contribution in [-0.4, -0.2) is 29.4 Å². The number of amides is 1. The molecule has 1 aliphatic heterocycles. The van der Waals surface area contributed by atoms with Crippen molar-refractivity contribution in [3.8, 4) is 0 Å². The van der Waals surface area contributed by atoms with Gasteiger partial charge in [0, 0.05) is 5.56 Å². The van der Waals surface area contributed by atoms with E-state index in [2.05, 4.69) is 15.8 Å². The summed E-state index contributed by atoms with van der Waals surface area (Å²) in [5.74, 6) is -0.392. The lowest BCUT2D eigenvalue weighted by Crippen LogP contribution is -2.27. The summed E-state index contributed by atoms with van der Waals surface area (Å²) >= 11 is 1.41. The lowest BCUT2D eigenvalue weighted by Gasteiger charge is -2.05. The van der Waals surface area contributed by atoms with Gasteiger partial charge >= 0.3 is 0 Å². The fourth-order valence-electron chi connectivity index (χ4n) is 1.50. The summed E-state index contributed by atoms with van der Waals surface area (Å²) in [5.41, 5.74) is 3.14. The number of carbonyl (C=O) groups excluding carboxylic acids is 1. The van der Waals surface area contributed by atoms with E-state index >= 15 is 0 Å². The first-order valence-electron chi connectivity index (χ1n) is 5.79. The molecular formula is C11H13N3O4S2. The fourth-order valence-corrected chi connectivity index (χ4v) is 2.78. The van der Waals surface area contributed by atoms with Crippen LogP contribution in [0.4, 0.5) is 0 Å². The van der Waals surface area contributed by atoms with Gasteiger partial charge in [-0.3, -0.25) is 20.1 Å². The number of rotatable bonds is 3. The van der Waals surface area contributed by atoms with Crippen molar-refractivity contribution in [3.63, 3.8) is 0 Å². The second-order valence-electron chi connectivity index (χ2n) is 4.01. The molecule has 0 fully saturated rings. The van der Waals surface area contributed by atoms with Crippen LogP contribution in [0.1, 0.15) is 23.7 Å². The molecule has 7 nitrogen and oxygen atoms in total. The minimum absolute atomic E-state index is 0.146. The lowest BCUT2D eigenvalue weighted by atomic mass is 10.2. The van der Waals surface area contributed by atoms with Crippen molar-refractivity contribution in [2.24, 2.45) is 5.10 Å². The van der Waals surface area contributed by atoms with Crippen LogP contribution in [0.2, 0.25) is 0 Å². The van der Waals surface area contributed by atoms with Gasteiger partial charge < -0.3 is 0 Å². The summed E-state index contributed by atoms with van der Waals surface area (Å²) in [6, 6.07) is 4.98. The zero-order valence-corrected chi connectivity index (χ0v) is 12.2. The monoisotopic (exact) mass is 315 g/mol. The Morgan fingerprint density at radius 3 is 2.60 bits per heavy atom. The van der Waals surface area contributed by atoms with E-state index in [1.54, 1.807) is 0 Å². The summed E-state index contributed by atoms with van der Waals surface area (Å²) in [6.07, 6.45) is 0.872. The largest absolute Gasteiger partial charge is 0.300 e. The smallest absolute Gasteiger partial charge is 0.294 e. The van der Waals surface area contributed by atoms with Crippen molar-refractivity contribution in [2.45, 2.75) is 23.6 Å². The van der Waals surface area contributed by atoms with Crippen molar-refractivity contribution in [2.75, 3.05) is 0 Å². The average molecular weight is 315 g/mol. The lowest BCUT2D eigenvalue weighted by molar-refractivity contribution is 0.0978. The van der Waals surface area contributed by atoms with Gasteiger partial charge in [-0.2, -0.15) is 13.5 Å². The summed E-state index contributed by atoms with van der Waals surface area (Å²) < 4.78 is 30.6. The van der Waals surface area contributed by atoms with Crippen LogP contribution in [0, 0.1) is 0 Å². The highest BCUT2D eigenvalue weighted by Crippen LogP contribution is 2.18. The Morgan fingerprint density at radius 1 is 1.45 bits per heavy atom. The number of thioether (sulfide) groups is 1. The molecule has 0 radical (unpaired) electrons. The molecule has 1 aromatic carbocycles. The first-order chi connectivity index (χ1) is 9.40. The number of benzene rings is 1. The van der Waals surface area contributed by atoms with Crippen LogP contribution in [0.3, 0.4) is 0 Å². The predicted molar refractivity (Wildman–Crippen MR) is 76.0 cm³/mol. The van der Waals surface area contributed by atoms with Crippen molar-refractivity contribution < 1.29 is 17.8 Å². The minimum atomic E-state index is -4.25. The highest BCUT2D eigenvalue weighted by molar-refractivity contribution is 8.14. The molecule has 0 aromatic heterocycles. The van der Waals surface area contributed by atoms with Crippen molar-refractivity contribution in [1.29, 1.82) is 0 Å². The molecule has 20 heavy (non-hydrogen) atoms. The molecule has 1 aromatic rings. The average Bonchev–Trinajstić information content (AvgIpc) is 2.85. The van der Waals surface area contributed by atoms with E-state index < -0.39 is 16.0 Å². The molecule has 1 unspecified atom stereocenters. The van der Waals surface area contributed by atoms with Gasteiger partial charge in [0.25, 0.3) is 16.0 Å². The molecule has 1 atom stereocenters. The fraction of sp³-hybridized carbons (Fsp3) is 0.273. The molecule has 0 spiro atoms. The zero-order chi connectivity index (χ0) is 14.8. The molecular weight excluding hydrogens is 302 g/mol. The highest BCUT2D eigenvalue weighted by atomic mass is 32.2. The normalized spacial score (nSPS) is 18.3. The van der Waals surface area contributed by atoms with Gasteiger partial charge in [-0.1, -0.05) is 18.7 Å². The van der Waals surface area contributed by atoms with Crippen LogP contribution >= 0.6 is 11.8 Å². The number of nitrogens with zero attached hydrogens (tertiary/aromatic N) is 1. The highest BCUT2D eigenvalue weighted by Gasteiger charge is 2.20. The summed E-state index contributed by atoms with van der Waals surface area (Å²) in [7, 11) is -4.25. The van der Waals surface area contributed by atoms with Gasteiger partial charge in [0.05, 0.1) is 10.3 Å². The Kier molecular flexibility index (Phi) is 4.31. The number of hydrazone groups is 1. The van der Waals surface area contributed by atoms with E-state index in [1.807, 2.05) is 6.92 Å². The molecule has 1 amide bonds. The van der Waals surface area contributed by atoms with E-state index in [9.17, 15) is 13.2 Å². The molecule has 0 aliphatic carbocycles. The molecule has 0 bridgehead atoms. The standard InChI is InChI=1S/C11H13N3O4S2/c1-2-9-13-14-11(19-9)12-10(15)7-3-5-8(6-4-7)20(16,17)18/h3-6,9,13H,2H2,1H3,(H,12,14,15)(H,16,17,18). The number of carbonyl (C=O) groups is 1. The Labute approximate surface area is 120 Å². The van der Waals surface area contributed by atoms with Crippen molar-refractivity contribution in [1.82, 2.24) is 10.7 Å². The second kappa shape index (κ2) is 5.81. The van der Waals surface area contributed by atoms with Crippen LogP contribution in [0.25, 0.3) is 0 Å². The molecule has 108 valence electrons. The molecule has 1 heterocycles. The van der Waals surface area contributed by atoms with Crippen molar-refractivity contribution in [3.05, 3.63) is 29.8 Å². The van der Waals surface area contributed by atoms with E-state index in [1.165, 1.54) is 36.0 Å². The minimum Gasteiger partial charge on any atom is -0.300 e. The Morgan fingerprint density at radius 2 is 2.10 bits per heavy atom. The quantitative estimate of drug-likeness (QED) is 0.718. The van der Waals surface area contributed by atoms with Gasteiger partial charge in [0.2, 0.25) is 0 Å². The van der Waals surface area contributed by atoms with Crippen LogP contribution in [0.5, 0.6) is 0 Å². The van der Waals surface area contributed by atoms with Gasteiger partial charge in [-0.05, 0) is 30.7 Å². The third kappa shape index (κ3) is 3.50. The summed E-state index contributed by atoms with van der Waals surface area (Å²) in [4.78, 5) is 11.7. The topological polar surface area (TPSA) is 108 Å². The SMILES string of the molecule is CCC1NN=C(NC(=O)c2ccc(S(=O)(=O)O)cc2)S1. The van der Waals surface area contributed by atoms with Crippen LogP contribution in [0.15, 0.2) is 34.3 Å². The van der Waals surface area contributed by atoms with Gasteiger partial charge in [-0.25, -0.2) is 0 Å². The van der Waals surface area contributed by atoms with Gasteiger partial charge in [0.15, 0.2) is 5.17 Å². The van der Waals surface area contributed by atoms with Crippen LogP contribution in [-0.2, 0) is 10.1 Å².